The summed E-state index contributed by atoms with van der Waals surface area (Å²) in [6.45, 7) is 8.22. The molecule has 1 aromatic rings. The number of thiophene rings is 1. The second-order valence-electron chi connectivity index (χ2n) is 5.76. The summed E-state index contributed by atoms with van der Waals surface area (Å²) >= 11 is 1.81. The average Bonchev–Trinajstić information content (AvgIpc) is 2.74. The number of aryl methyl sites for hydroxylation is 1. The first-order valence-electron chi connectivity index (χ1n) is 7.15. The molecule has 0 aliphatic carbocycles. The largest absolute Gasteiger partial charge is 0.335 e. The van der Waals surface area contributed by atoms with E-state index in [4.69, 9.17) is 0 Å². The number of piperidine rings is 1. The molecule has 0 bridgehead atoms. The molecular formula is C15H24N2OS. The van der Waals surface area contributed by atoms with Gasteiger partial charge in [-0.1, -0.05) is 6.92 Å². The predicted octanol–water partition coefficient (Wildman–Crippen LogP) is 3.43. The fourth-order valence-corrected chi connectivity index (χ4v) is 3.64. The van der Waals surface area contributed by atoms with Crippen LogP contribution in [-0.2, 0) is 6.42 Å². The minimum absolute atomic E-state index is 0.104. The zero-order valence-electron chi connectivity index (χ0n) is 12.1. The highest BCUT2D eigenvalue weighted by Gasteiger charge is 2.21. The van der Waals surface area contributed by atoms with E-state index < -0.39 is 0 Å². The quantitative estimate of drug-likeness (QED) is 0.904. The van der Waals surface area contributed by atoms with E-state index in [-0.39, 0.29) is 12.1 Å². The fraction of sp³-hybridized carbons (Fsp3) is 0.667. The number of nitrogens with zero attached hydrogens (tertiary/aromatic N) is 1. The first-order chi connectivity index (χ1) is 9.04. The number of nitrogens with one attached hydrogen (secondary N) is 1. The third-order valence-electron chi connectivity index (χ3n) is 3.62. The van der Waals surface area contributed by atoms with Crippen molar-refractivity contribution in [3.8, 4) is 0 Å². The van der Waals surface area contributed by atoms with Gasteiger partial charge in [-0.05, 0) is 44.7 Å². The highest BCUT2D eigenvalue weighted by Crippen LogP contribution is 2.18. The van der Waals surface area contributed by atoms with Crippen molar-refractivity contribution in [3.05, 3.63) is 21.9 Å². The van der Waals surface area contributed by atoms with E-state index in [1.807, 2.05) is 16.2 Å². The molecule has 3 nitrogen and oxygen atoms in total. The SMILES string of the molecule is Cc1ccc(CC(C)NC(=O)N2CCCC(C)C2)s1. The van der Waals surface area contributed by atoms with Crippen LogP contribution >= 0.6 is 11.3 Å². The normalized spacial score (nSPS) is 21.2. The molecule has 2 unspecified atom stereocenters. The molecule has 2 heterocycles. The first-order valence-corrected chi connectivity index (χ1v) is 7.97. The highest BCUT2D eigenvalue weighted by molar-refractivity contribution is 7.11. The molecule has 1 aromatic heterocycles. The van der Waals surface area contributed by atoms with Gasteiger partial charge in [0.25, 0.3) is 0 Å². The zero-order chi connectivity index (χ0) is 13.8. The van der Waals surface area contributed by atoms with Crippen molar-refractivity contribution in [3.63, 3.8) is 0 Å². The van der Waals surface area contributed by atoms with Crippen LogP contribution in [0.3, 0.4) is 0 Å². The van der Waals surface area contributed by atoms with Crippen LogP contribution in [0.15, 0.2) is 12.1 Å². The van der Waals surface area contributed by atoms with Crippen LogP contribution in [0.4, 0.5) is 4.79 Å². The van der Waals surface area contributed by atoms with E-state index in [0.717, 1.165) is 25.9 Å². The lowest BCUT2D eigenvalue weighted by atomic mass is 10.0. The number of carbonyl (C=O) groups is 1. The van der Waals surface area contributed by atoms with E-state index in [0.29, 0.717) is 5.92 Å². The van der Waals surface area contributed by atoms with Crippen LogP contribution in [-0.4, -0.2) is 30.1 Å². The van der Waals surface area contributed by atoms with E-state index in [2.05, 4.69) is 38.2 Å². The van der Waals surface area contributed by atoms with E-state index in [9.17, 15) is 4.79 Å². The monoisotopic (exact) mass is 280 g/mol. The van der Waals surface area contributed by atoms with Crippen LogP contribution < -0.4 is 5.32 Å². The molecule has 19 heavy (non-hydrogen) atoms. The smallest absolute Gasteiger partial charge is 0.317 e. The van der Waals surface area contributed by atoms with Gasteiger partial charge in [0, 0.05) is 35.3 Å². The van der Waals surface area contributed by atoms with Crippen LogP contribution in [0.1, 0.15) is 36.4 Å². The number of rotatable bonds is 3. The Kier molecular flexibility index (Phi) is 4.86. The summed E-state index contributed by atoms with van der Waals surface area (Å²) < 4.78 is 0. The topological polar surface area (TPSA) is 32.3 Å². The lowest BCUT2D eigenvalue weighted by Crippen LogP contribution is -2.48. The Hall–Kier alpha value is -1.03. The van der Waals surface area contributed by atoms with Crippen LogP contribution in [0.2, 0.25) is 0 Å². The summed E-state index contributed by atoms with van der Waals surface area (Å²) in [7, 11) is 0. The number of amides is 2. The number of likely N-dealkylation sites (tertiary alicyclic amines) is 1. The second kappa shape index (κ2) is 6.42. The van der Waals surface area contributed by atoms with Crippen molar-refractivity contribution < 1.29 is 4.79 Å². The molecule has 106 valence electrons. The van der Waals surface area contributed by atoms with Crippen LogP contribution in [0.25, 0.3) is 0 Å². The van der Waals surface area contributed by atoms with Crippen LogP contribution in [0.5, 0.6) is 0 Å². The number of hydrogen-bond acceptors (Lipinski definition) is 2. The predicted molar refractivity (Wildman–Crippen MR) is 80.7 cm³/mol. The maximum Gasteiger partial charge on any atom is 0.317 e. The Bertz CT molecular complexity index is 430. The maximum absolute atomic E-state index is 12.2. The van der Waals surface area contributed by atoms with Gasteiger partial charge in [0.05, 0.1) is 0 Å². The Morgan fingerprint density at radius 3 is 3.00 bits per heavy atom. The number of carbonyl (C=O) groups excluding carboxylic acids is 1. The van der Waals surface area contributed by atoms with Gasteiger partial charge in [0.1, 0.15) is 0 Å². The Morgan fingerprint density at radius 1 is 1.58 bits per heavy atom. The first kappa shape index (κ1) is 14.4. The van der Waals surface area contributed by atoms with Crippen LogP contribution in [0, 0.1) is 12.8 Å². The van der Waals surface area contributed by atoms with Crippen molar-refractivity contribution in [1.82, 2.24) is 10.2 Å². The summed E-state index contributed by atoms with van der Waals surface area (Å²) in [5, 5.41) is 3.12. The van der Waals surface area contributed by atoms with Gasteiger partial charge in [-0.3, -0.25) is 0 Å². The molecule has 1 N–H and O–H groups in total. The van der Waals surface area contributed by atoms with Crippen molar-refractivity contribution in [2.75, 3.05) is 13.1 Å². The van der Waals surface area contributed by atoms with Gasteiger partial charge in [-0.2, -0.15) is 0 Å². The van der Waals surface area contributed by atoms with Gasteiger partial charge >= 0.3 is 6.03 Å². The van der Waals surface area contributed by atoms with Gasteiger partial charge in [0.15, 0.2) is 0 Å². The Morgan fingerprint density at radius 2 is 2.37 bits per heavy atom. The molecule has 0 aromatic carbocycles. The lowest BCUT2D eigenvalue weighted by molar-refractivity contribution is 0.167. The molecule has 2 amide bonds. The van der Waals surface area contributed by atoms with Crippen molar-refractivity contribution in [2.45, 2.75) is 46.1 Å². The molecule has 0 saturated carbocycles. The third kappa shape index (κ3) is 4.23. The van der Waals surface area contributed by atoms with Gasteiger partial charge in [-0.15, -0.1) is 11.3 Å². The van der Waals surface area contributed by atoms with E-state index in [1.54, 1.807) is 0 Å². The summed E-state index contributed by atoms with van der Waals surface area (Å²) in [5.41, 5.74) is 0. The maximum atomic E-state index is 12.2. The van der Waals surface area contributed by atoms with Crippen molar-refractivity contribution in [1.29, 1.82) is 0 Å². The van der Waals surface area contributed by atoms with Gasteiger partial charge in [-0.25, -0.2) is 4.79 Å². The van der Waals surface area contributed by atoms with Crippen molar-refractivity contribution in [2.24, 2.45) is 5.92 Å². The molecule has 0 radical (unpaired) electrons. The third-order valence-corrected chi connectivity index (χ3v) is 4.64. The van der Waals surface area contributed by atoms with Gasteiger partial charge in [0.2, 0.25) is 0 Å². The van der Waals surface area contributed by atoms with Crippen molar-refractivity contribution >= 4 is 17.4 Å². The molecule has 1 aliphatic rings. The number of hydrogen-bond donors (Lipinski definition) is 1. The minimum atomic E-state index is 0.104. The second-order valence-corrected chi connectivity index (χ2v) is 7.13. The van der Waals surface area contributed by atoms with E-state index in [1.165, 1.54) is 16.2 Å². The zero-order valence-corrected chi connectivity index (χ0v) is 12.9. The lowest BCUT2D eigenvalue weighted by Gasteiger charge is -2.32. The summed E-state index contributed by atoms with van der Waals surface area (Å²) in [6, 6.07) is 4.60. The van der Waals surface area contributed by atoms with Gasteiger partial charge < -0.3 is 10.2 Å². The summed E-state index contributed by atoms with van der Waals surface area (Å²) in [4.78, 5) is 16.8. The summed E-state index contributed by atoms with van der Waals surface area (Å²) in [5.74, 6) is 0.634. The standard InChI is InChI=1S/C15H24N2OS/c1-11-5-4-8-17(10-11)15(18)16-12(2)9-14-7-6-13(3)19-14/h6-7,11-12H,4-5,8-10H2,1-3H3,(H,16,18). The molecule has 0 spiro atoms. The molecule has 2 rings (SSSR count). The fourth-order valence-electron chi connectivity index (χ4n) is 2.62. The molecule has 2 atom stereocenters. The average molecular weight is 280 g/mol. The summed E-state index contributed by atoms with van der Waals surface area (Å²) in [6.07, 6.45) is 3.30. The number of urea groups is 1. The van der Waals surface area contributed by atoms with E-state index >= 15 is 0 Å². The Balaban J connectivity index is 1.81. The molecule has 1 aliphatic heterocycles. The highest BCUT2D eigenvalue weighted by atomic mass is 32.1. The molecular weight excluding hydrogens is 256 g/mol. The molecule has 1 saturated heterocycles. The molecule has 4 heteroatoms. The molecule has 1 fully saturated rings. The minimum Gasteiger partial charge on any atom is -0.335 e. The Labute approximate surface area is 120 Å².